The predicted molar refractivity (Wildman–Crippen MR) is 119 cm³/mol. The Labute approximate surface area is 183 Å². The number of nitrogens with one attached hydrogen (secondary N) is 1. The number of halogens is 4. The van der Waals surface area contributed by atoms with E-state index in [1.807, 2.05) is 60.7 Å². The number of para-hydroxylation sites is 1. The minimum Gasteiger partial charge on any atom is -0.487 e. The van der Waals surface area contributed by atoms with Crippen molar-refractivity contribution in [3.63, 3.8) is 0 Å². The number of benzene rings is 3. The van der Waals surface area contributed by atoms with E-state index in [2.05, 4.69) is 53.1 Å². The second-order valence-corrected chi connectivity index (χ2v) is 8.72. The van der Waals surface area contributed by atoms with Gasteiger partial charge >= 0.3 is 0 Å². The van der Waals surface area contributed by atoms with Crippen molar-refractivity contribution in [2.24, 2.45) is 0 Å². The van der Waals surface area contributed by atoms with Crippen molar-refractivity contribution in [1.29, 1.82) is 0 Å². The summed E-state index contributed by atoms with van der Waals surface area (Å²) in [5, 5.41) is 4.06. The van der Waals surface area contributed by atoms with Gasteiger partial charge in [-0.2, -0.15) is 0 Å². The largest absolute Gasteiger partial charge is 0.487 e. The van der Waals surface area contributed by atoms with E-state index in [1.54, 1.807) is 0 Å². The molecule has 6 heteroatoms. The fourth-order valence-electron chi connectivity index (χ4n) is 2.44. The molecule has 0 spiro atoms. The van der Waals surface area contributed by atoms with Gasteiger partial charge in [0.15, 0.2) is 0 Å². The lowest BCUT2D eigenvalue weighted by atomic mass is 10.2. The van der Waals surface area contributed by atoms with E-state index in [-0.39, 0.29) is 0 Å². The highest BCUT2D eigenvalue weighted by atomic mass is 79.9. The van der Waals surface area contributed by atoms with Crippen LogP contribution in [-0.4, -0.2) is 0 Å². The molecule has 0 aliphatic heterocycles. The van der Waals surface area contributed by atoms with Crippen LogP contribution in [0, 0.1) is 0 Å². The van der Waals surface area contributed by atoms with Crippen LogP contribution < -0.4 is 10.1 Å². The molecule has 0 bridgehead atoms. The Morgan fingerprint density at radius 2 is 1.62 bits per heavy atom. The van der Waals surface area contributed by atoms with E-state index >= 15 is 0 Å². The highest BCUT2D eigenvalue weighted by Gasteiger charge is 2.11. The Kier molecular flexibility index (Phi) is 7.04. The van der Waals surface area contributed by atoms with E-state index in [4.69, 9.17) is 16.3 Å². The van der Waals surface area contributed by atoms with Crippen LogP contribution in [0.1, 0.15) is 11.1 Å². The Morgan fingerprint density at radius 3 is 2.35 bits per heavy atom. The van der Waals surface area contributed by atoms with Crippen LogP contribution in [0.4, 0.5) is 5.69 Å². The van der Waals surface area contributed by atoms with Gasteiger partial charge in [-0.3, -0.25) is 0 Å². The Bertz CT molecular complexity index is 900. The first-order chi connectivity index (χ1) is 12.5. The molecule has 0 amide bonds. The fourth-order valence-corrected chi connectivity index (χ4v) is 4.33. The topological polar surface area (TPSA) is 21.3 Å². The molecule has 0 aliphatic carbocycles. The van der Waals surface area contributed by atoms with Crippen molar-refractivity contribution in [3.05, 3.63) is 90.2 Å². The Balaban J connectivity index is 1.78. The molecule has 26 heavy (non-hydrogen) atoms. The van der Waals surface area contributed by atoms with Gasteiger partial charge in [0, 0.05) is 21.1 Å². The molecule has 134 valence electrons. The third-order valence-electron chi connectivity index (χ3n) is 3.72. The lowest BCUT2D eigenvalue weighted by molar-refractivity contribution is 0.301. The van der Waals surface area contributed by atoms with Gasteiger partial charge < -0.3 is 10.1 Å². The maximum atomic E-state index is 6.23. The van der Waals surface area contributed by atoms with Crippen molar-refractivity contribution >= 4 is 65.1 Å². The van der Waals surface area contributed by atoms with Crippen LogP contribution in [0.2, 0.25) is 5.02 Å². The molecule has 0 fully saturated rings. The van der Waals surface area contributed by atoms with Crippen molar-refractivity contribution < 1.29 is 4.74 Å². The van der Waals surface area contributed by atoms with Crippen LogP contribution in [0.3, 0.4) is 0 Å². The van der Waals surface area contributed by atoms with Crippen LogP contribution in [0.15, 0.2) is 74.1 Å². The fraction of sp³-hybridized carbons (Fsp3) is 0.100. The average Bonchev–Trinajstić information content (AvgIpc) is 2.61. The van der Waals surface area contributed by atoms with Gasteiger partial charge in [-0.1, -0.05) is 67.7 Å². The number of anilines is 1. The van der Waals surface area contributed by atoms with Gasteiger partial charge in [0.2, 0.25) is 0 Å². The van der Waals surface area contributed by atoms with E-state index in [9.17, 15) is 0 Å². The third-order valence-corrected chi connectivity index (χ3v) is 5.63. The monoisotopic (exact) mass is 557 g/mol. The van der Waals surface area contributed by atoms with Crippen molar-refractivity contribution in [2.75, 3.05) is 5.32 Å². The molecule has 0 radical (unpaired) electrons. The minimum absolute atomic E-state index is 0.493. The molecular weight excluding hydrogens is 545 g/mol. The summed E-state index contributed by atoms with van der Waals surface area (Å²) >= 11 is 16.8. The summed E-state index contributed by atoms with van der Waals surface area (Å²) in [6, 6.07) is 19.8. The molecule has 2 nitrogen and oxygen atoms in total. The SMILES string of the molecule is Clc1ccccc1NCc1cc(Br)cc(Br)c1OCc1ccc(Br)cc1. The number of hydrogen-bond acceptors (Lipinski definition) is 2. The summed E-state index contributed by atoms with van der Waals surface area (Å²) in [5.74, 6) is 0.815. The van der Waals surface area contributed by atoms with Gasteiger partial charge in [-0.05, 0) is 57.9 Å². The minimum atomic E-state index is 0.493. The average molecular weight is 561 g/mol. The molecule has 0 saturated heterocycles. The quantitative estimate of drug-likeness (QED) is 0.332. The Hall–Kier alpha value is -1.01. The summed E-state index contributed by atoms with van der Waals surface area (Å²) in [6.07, 6.45) is 0. The lowest BCUT2D eigenvalue weighted by Crippen LogP contribution is -2.05. The number of rotatable bonds is 6. The molecule has 3 aromatic rings. The van der Waals surface area contributed by atoms with E-state index in [0.29, 0.717) is 18.2 Å². The van der Waals surface area contributed by atoms with E-state index < -0.39 is 0 Å². The Morgan fingerprint density at radius 1 is 0.885 bits per heavy atom. The first-order valence-electron chi connectivity index (χ1n) is 7.86. The highest BCUT2D eigenvalue weighted by Crippen LogP contribution is 2.34. The lowest BCUT2D eigenvalue weighted by Gasteiger charge is -2.16. The molecule has 3 rings (SSSR count). The predicted octanol–water partition coefficient (Wildman–Crippen LogP) is 7.82. The summed E-state index contributed by atoms with van der Waals surface area (Å²) < 4.78 is 9.05. The van der Waals surface area contributed by atoms with Crippen molar-refractivity contribution in [1.82, 2.24) is 0 Å². The zero-order valence-electron chi connectivity index (χ0n) is 13.6. The van der Waals surface area contributed by atoms with Crippen LogP contribution in [0.25, 0.3) is 0 Å². The van der Waals surface area contributed by atoms with Crippen molar-refractivity contribution in [3.8, 4) is 5.75 Å². The molecule has 0 heterocycles. The van der Waals surface area contributed by atoms with Gasteiger partial charge in [0.05, 0.1) is 15.2 Å². The summed E-state index contributed by atoms with van der Waals surface area (Å²) in [5.41, 5.74) is 3.03. The highest BCUT2D eigenvalue weighted by molar-refractivity contribution is 9.11. The molecule has 0 unspecified atom stereocenters. The second kappa shape index (κ2) is 9.27. The maximum Gasteiger partial charge on any atom is 0.139 e. The van der Waals surface area contributed by atoms with E-state index in [0.717, 1.165) is 36.0 Å². The normalized spacial score (nSPS) is 10.6. The first-order valence-corrected chi connectivity index (χ1v) is 10.6. The van der Waals surface area contributed by atoms with Crippen LogP contribution >= 0.6 is 59.4 Å². The zero-order valence-corrected chi connectivity index (χ0v) is 19.1. The molecule has 0 atom stereocenters. The van der Waals surface area contributed by atoms with Crippen LogP contribution in [-0.2, 0) is 13.2 Å². The van der Waals surface area contributed by atoms with Gasteiger partial charge in [0.25, 0.3) is 0 Å². The molecule has 0 aromatic heterocycles. The number of hydrogen-bond donors (Lipinski definition) is 1. The first kappa shape index (κ1) is 19.7. The molecule has 3 aromatic carbocycles. The van der Waals surface area contributed by atoms with E-state index in [1.165, 1.54) is 0 Å². The molecule has 0 saturated carbocycles. The van der Waals surface area contributed by atoms with Crippen LogP contribution in [0.5, 0.6) is 5.75 Å². The molecule has 0 aliphatic rings. The second-order valence-electron chi connectivity index (χ2n) is 5.62. The van der Waals surface area contributed by atoms with Gasteiger partial charge in [0.1, 0.15) is 12.4 Å². The van der Waals surface area contributed by atoms with Gasteiger partial charge in [-0.15, -0.1) is 0 Å². The summed E-state index contributed by atoms with van der Waals surface area (Å²) in [4.78, 5) is 0. The number of ether oxygens (including phenoxy) is 1. The maximum absolute atomic E-state index is 6.23. The smallest absolute Gasteiger partial charge is 0.139 e. The van der Waals surface area contributed by atoms with Gasteiger partial charge in [-0.25, -0.2) is 0 Å². The molecular formula is C20H15Br3ClNO. The zero-order chi connectivity index (χ0) is 18.5. The van der Waals surface area contributed by atoms with Crippen molar-refractivity contribution in [2.45, 2.75) is 13.2 Å². The summed E-state index contributed by atoms with van der Waals surface area (Å²) in [6.45, 7) is 1.09. The molecule has 1 N–H and O–H groups in total. The standard InChI is InChI=1S/C20H15Br3ClNO/c21-15-7-5-13(6-8-15)12-26-20-14(9-16(22)10-17(20)23)11-25-19-4-2-1-3-18(19)24/h1-10,25H,11-12H2. The third kappa shape index (κ3) is 5.26. The summed E-state index contributed by atoms with van der Waals surface area (Å²) in [7, 11) is 0.